The van der Waals surface area contributed by atoms with Crippen molar-refractivity contribution in [1.82, 2.24) is 9.88 Å². The van der Waals surface area contributed by atoms with E-state index >= 15 is 0 Å². The molecule has 1 saturated heterocycles. The van der Waals surface area contributed by atoms with Crippen molar-refractivity contribution in [3.63, 3.8) is 0 Å². The van der Waals surface area contributed by atoms with E-state index in [9.17, 15) is 4.39 Å². The van der Waals surface area contributed by atoms with Crippen molar-refractivity contribution >= 4 is 0 Å². The zero-order valence-corrected chi connectivity index (χ0v) is 17.9. The van der Waals surface area contributed by atoms with E-state index in [2.05, 4.69) is 16.0 Å². The van der Waals surface area contributed by atoms with Gasteiger partial charge in [-0.25, -0.2) is 9.37 Å². The Balaban J connectivity index is 1.41. The number of ether oxygens (including phenoxy) is 2. The lowest BCUT2D eigenvalue weighted by Crippen LogP contribution is -2.32. The van der Waals surface area contributed by atoms with Gasteiger partial charge in [0.15, 0.2) is 0 Å². The molecule has 2 aliphatic heterocycles. The summed E-state index contributed by atoms with van der Waals surface area (Å²) in [5.74, 6) is 1.52. The second kappa shape index (κ2) is 8.60. The topological polar surface area (TPSA) is 58.4 Å². The van der Waals surface area contributed by atoms with Gasteiger partial charge in [-0.15, -0.1) is 0 Å². The molecule has 1 aromatic heterocycles. The van der Waals surface area contributed by atoms with Gasteiger partial charge in [0.25, 0.3) is 0 Å². The number of hydrogen-bond acceptors (Lipinski definition) is 5. The van der Waals surface area contributed by atoms with E-state index in [0.717, 1.165) is 29.1 Å². The van der Waals surface area contributed by atoms with Crippen molar-refractivity contribution in [2.75, 3.05) is 19.8 Å². The first-order valence-electron chi connectivity index (χ1n) is 10.8. The van der Waals surface area contributed by atoms with E-state index in [0.29, 0.717) is 31.2 Å². The molecule has 0 spiro atoms. The Morgan fingerprint density at radius 3 is 2.81 bits per heavy atom. The number of aryl methyl sites for hydroxylation is 1. The first-order valence-corrected chi connectivity index (χ1v) is 10.8. The van der Waals surface area contributed by atoms with Gasteiger partial charge in [0.05, 0.1) is 24.8 Å². The summed E-state index contributed by atoms with van der Waals surface area (Å²) >= 11 is 0. The molecule has 162 valence electrons. The molecule has 1 fully saturated rings. The van der Waals surface area contributed by atoms with Crippen molar-refractivity contribution in [3.8, 4) is 17.7 Å². The van der Waals surface area contributed by atoms with Gasteiger partial charge in [-0.3, -0.25) is 4.90 Å². The summed E-state index contributed by atoms with van der Waals surface area (Å²) in [6.45, 7) is 4.55. The smallest absolute Gasteiger partial charge is 0.213 e. The van der Waals surface area contributed by atoms with Crippen molar-refractivity contribution < 1.29 is 13.9 Å². The Labute approximate surface area is 187 Å². The molecule has 5 nitrogen and oxygen atoms in total. The highest BCUT2D eigenvalue weighted by Gasteiger charge is 2.46. The first-order chi connectivity index (χ1) is 15.6. The average Bonchev–Trinajstić information content (AvgIpc) is 3.16. The zero-order valence-electron chi connectivity index (χ0n) is 17.9. The van der Waals surface area contributed by atoms with Crippen LogP contribution in [-0.2, 0) is 6.54 Å². The van der Waals surface area contributed by atoms with E-state index < -0.39 is 0 Å². The molecule has 0 bridgehead atoms. The second-order valence-corrected chi connectivity index (χ2v) is 8.53. The van der Waals surface area contributed by atoms with Gasteiger partial charge in [-0.05, 0) is 48.9 Å². The van der Waals surface area contributed by atoms with Gasteiger partial charge in [0, 0.05) is 48.3 Å². The summed E-state index contributed by atoms with van der Waals surface area (Å²) in [5, 5.41) is 9.08. The number of nitriles is 1. The summed E-state index contributed by atoms with van der Waals surface area (Å²) in [7, 11) is 0. The number of halogens is 1. The second-order valence-electron chi connectivity index (χ2n) is 8.53. The van der Waals surface area contributed by atoms with Crippen LogP contribution in [0.1, 0.15) is 28.4 Å². The number of pyridine rings is 1. The summed E-state index contributed by atoms with van der Waals surface area (Å²) in [4.78, 5) is 6.83. The molecule has 0 unspecified atom stereocenters. The fourth-order valence-electron chi connectivity index (χ4n) is 4.85. The number of rotatable bonds is 5. The van der Waals surface area contributed by atoms with Crippen LogP contribution >= 0.6 is 0 Å². The summed E-state index contributed by atoms with van der Waals surface area (Å²) in [5.41, 5.74) is 3.57. The van der Waals surface area contributed by atoms with E-state index in [4.69, 9.17) is 14.7 Å². The fraction of sp³-hybridized carbons (Fsp3) is 0.308. The molecule has 6 heteroatoms. The van der Waals surface area contributed by atoms with Crippen LogP contribution in [0.25, 0.3) is 0 Å². The van der Waals surface area contributed by atoms with E-state index in [1.54, 1.807) is 12.1 Å². The lowest BCUT2D eigenvalue weighted by Gasteiger charge is -2.34. The van der Waals surface area contributed by atoms with E-state index in [1.807, 2.05) is 49.4 Å². The lowest BCUT2D eigenvalue weighted by molar-refractivity contribution is 0.121. The van der Waals surface area contributed by atoms with Crippen LogP contribution in [-0.4, -0.2) is 29.6 Å². The highest BCUT2D eigenvalue weighted by Crippen LogP contribution is 2.48. The van der Waals surface area contributed by atoms with Crippen LogP contribution in [0.3, 0.4) is 0 Å². The number of aromatic nitrogens is 1. The van der Waals surface area contributed by atoms with Crippen LogP contribution in [0.15, 0.2) is 60.7 Å². The normalized spacial score (nSPS) is 21.8. The number of benzene rings is 2. The first kappa shape index (κ1) is 20.5. The maximum absolute atomic E-state index is 14.2. The molecule has 2 aliphatic rings. The molecule has 3 heterocycles. The summed E-state index contributed by atoms with van der Waals surface area (Å²) < 4.78 is 26.2. The largest absolute Gasteiger partial charge is 0.493 e. The Kier molecular flexibility index (Phi) is 5.50. The third-order valence-corrected chi connectivity index (χ3v) is 6.37. The molecule has 0 amide bonds. The number of nitrogens with zero attached hydrogens (tertiary/aromatic N) is 3. The highest BCUT2D eigenvalue weighted by molar-refractivity contribution is 5.40. The van der Waals surface area contributed by atoms with Crippen molar-refractivity contribution in [2.24, 2.45) is 11.8 Å². The average molecular weight is 429 g/mol. The maximum atomic E-state index is 14.2. The molecule has 3 atom stereocenters. The number of fused-ring (bicyclic) bond motifs is 3. The quantitative estimate of drug-likeness (QED) is 0.590. The SMILES string of the molecule is Cc1cccc(OC[C@@H]2CN(Cc3ccc(C#N)cc3)[C@H]3c4cc(F)ccc4OC[C@@H]23)n1. The molecular formula is C26H24FN3O2. The molecular weight excluding hydrogens is 405 g/mol. The van der Waals surface area contributed by atoms with Crippen LogP contribution in [0.5, 0.6) is 11.6 Å². The van der Waals surface area contributed by atoms with Crippen LogP contribution in [0.4, 0.5) is 4.39 Å². The highest BCUT2D eigenvalue weighted by atomic mass is 19.1. The van der Waals surface area contributed by atoms with Gasteiger partial charge < -0.3 is 9.47 Å². The monoisotopic (exact) mass is 429 g/mol. The fourth-order valence-corrected chi connectivity index (χ4v) is 4.85. The third-order valence-electron chi connectivity index (χ3n) is 6.37. The van der Waals surface area contributed by atoms with Crippen LogP contribution in [0, 0.1) is 35.9 Å². The van der Waals surface area contributed by atoms with Crippen LogP contribution in [0.2, 0.25) is 0 Å². The Bertz CT molecular complexity index is 1160. The standard InChI is InChI=1S/C26H24FN3O2/c1-17-3-2-4-25(29-17)32-15-20-14-30(13-19-7-5-18(12-28)6-8-19)26-22-11-21(27)9-10-24(22)31-16-23(20)26/h2-11,20,23,26H,13-16H2,1H3/t20-,23-,26-/m0/s1. The van der Waals surface area contributed by atoms with Gasteiger partial charge in [-0.2, -0.15) is 5.26 Å². The molecule has 0 saturated carbocycles. The molecule has 3 aromatic rings. The van der Waals surface area contributed by atoms with Crippen molar-refractivity contribution in [2.45, 2.75) is 19.5 Å². The minimum atomic E-state index is -0.255. The predicted octanol–water partition coefficient (Wildman–Crippen LogP) is 4.66. The van der Waals surface area contributed by atoms with Crippen molar-refractivity contribution in [1.29, 1.82) is 5.26 Å². The Morgan fingerprint density at radius 1 is 1.19 bits per heavy atom. The number of likely N-dealkylation sites (tertiary alicyclic amines) is 1. The van der Waals surface area contributed by atoms with Gasteiger partial charge >= 0.3 is 0 Å². The maximum Gasteiger partial charge on any atom is 0.213 e. The van der Waals surface area contributed by atoms with Gasteiger partial charge in [0.1, 0.15) is 11.6 Å². The molecule has 2 aromatic carbocycles. The molecule has 32 heavy (non-hydrogen) atoms. The van der Waals surface area contributed by atoms with Crippen LogP contribution < -0.4 is 9.47 Å². The van der Waals surface area contributed by atoms with E-state index in [1.165, 1.54) is 6.07 Å². The predicted molar refractivity (Wildman–Crippen MR) is 118 cm³/mol. The Hall–Kier alpha value is -3.43. The van der Waals surface area contributed by atoms with Gasteiger partial charge in [0.2, 0.25) is 5.88 Å². The lowest BCUT2D eigenvalue weighted by atomic mass is 9.85. The zero-order chi connectivity index (χ0) is 22.1. The summed E-state index contributed by atoms with van der Waals surface area (Å²) in [6, 6.07) is 20.4. The molecule has 0 radical (unpaired) electrons. The molecule has 0 aliphatic carbocycles. The van der Waals surface area contributed by atoms with Crippen molar-refractivity contribution in [3.05, 3.63) is 88.9 Å². The molecule has 0 N–H and O–H groups in total. The van der Waals surface area contributed by atoms with Gasteiger partial charge in [-0.1, -0.05) is 18.2 Å². The minimum absolute atomic E-state index is 0.0455. The minimum Gasteiger partial charge on any atom is -0.493 e. The summed E-state index contributed by atoms with van der Waals surface area (Å²) in [6.07, 6.45) is 0. The van der Waals surface area contributed by atoms with E-state index in [-0.39, 0.29) is 23.7 Å². The third kappa shape index (κ3) is 4.04. The number of hydrogen-bond donors (Lipinski definition) is 0. The molecule has 5 rings (SSSR count). The Morgan fingerprint density at radius 2 is 2.03 bits per heavy atom.